The molecular weight excluding hydrogens is 414 g/mol. The first kappa shape index (κ1) is 20.9. The smallest absolute Gasteiger partial charge is 0.378 e. The van der Waals surface area contributed by atoms with E-state index in [4.69, 9.17) is 4.55 Å². The van der Waals surface area contributed by atoms with Crippen molar-refractivity contribution in [3.05, 3.63) is 24.3 Å². The van der Waals surface area contributed by atoms with Crippen molar-refractivity contribution in [3.63, 3.8) is 0 Å². The lowest BCUT2D eigenvalue weighted by atomic mass is 10.3. The molecule has 1 aromatic carbocycles. The molecule has 0 saturated carbocycles. The Bertz CT molecular complexity index is 818. The van der Waals surface area contributed by atoms with Crippen LogP contribution in [0.15, 0.2) is 29.2 Å². The summed E-state index contributed by atoms with van der Waals surface area (Å²) in [5, 5.41) is -13.5. The van der Waals surface area contributed by atoms with Gasteiger partial charge < -0.3 is 4.18 Å². The predicted molar refractivity (Wildman–Crippen MR) is 69.6 cm³/mol. The van der Waals surface area contributed by atoms with Crippen LogP contribution in [0.25, 0.3) is 0 Å². The van der Waals surface area contributed by atoms with Crippen LogP contribution in [0.4, 0.5) is 26.3 Å². The number of benzene rings is 1. The summed E-state index contributed by atoms with van der Waals surface area (Å²) in [6.45, 7) is 0. The quantitative estimate of drug-likeness (QED) is 0.318. The minimum atomic E-state index is -7.08. The Hall–Kier alpha value is -1.19. The van der Waals surface area contributed by atoms with Gasteiger partial charge in [0, 0.05) is 4.90 Å². The molecule has 1 aromatic rings. The van der Waals surface area contributed by atoms with Gasteiger partial charge in [0.1, 0.15) is 5.75 Å². The molecule has 1 rings (SSSR count). The van der Waals surface area contributed by atoms with Crippen LogP contribution in [0.3, 0.4) is 0 Å². The average molecular weight is 420 g/mol. The highest BCUT2D eigenvalue weighted by molar-refractivity contribution is 7.88. The zero-order chi connectivity index (χ0) is 19.2. The first-order valence-electron chi connectivity index (χ1n) is 5.31. The third-order valence-electron chi connectivity index (χ3n) is 2.41. The molecule has 1 N–H and O–H groups in total. The standard InChI is InChI=1S/C9H6F6O6S3/c10-7(11,8(12,13)23(16,17)18)9(14,15)24(19,20)21-5-1-3-6(22)4-2-5/h1-4,22H,(H,16,17,18). The Kier molecular flexibility index (Phi) is 5.18. The first-order valence-corrected chi connectivity index (χ1v) is 8.60. The maximum atomic E-state index is 13.4. The van der Waals surface area contributed by atoms with Crippen LogP contribution in [0, 0.1) is 0 Å². The summed E-state index contributed by atoms with van der Waals surface area (Å²) >= 11 is 3.75. The maximum absolute atomic E-state index is 13.4. The fraction of sp³-hybridized carbons (Fsp3) is 0.333. The molecule has 0 unspecified atom stereocenters. The van der Waals surface area contributed by atoms with Crippen LogP contribution < -0.4 is 4.18 Å². The lowest BCUT2D eigenvalue weighted by Gasteiger charge is -2.29. The number of thiol groups is 1. The summed E-state index contributed by atoms with van der Waals surface area (Å²) in [6, 6.07) is 3.37. The second-order valence-corrected chi connectivity index (χ2v) is 7.68. The molecular formula is C9H6F6O6S3. The van der Waals surface area contributed by atoms with Crippen LogP contribution in [0.2, 0.25) is 0 Å². The number of hydrogen-bond donors (Lipinski definition) is 2. The lowest BCUT2D eigenvalue weighted by Crippen LogP contribution is -2.61. The molecule has 0 fully saturated rings. The van der Waals surface area contributed by atoms with Gasteiger partial charge in [-0.3, -0.25) is 4.55 Å². The Morgan fingerprint density at radius 2 is 1.29 bits per heavy atom. The Balaban J connectivity index is 3.37. The Morgan fingerprint density at radius 1 is 0.875 bits per heavy atom. The molecule has 15 heteroatoms. The van der Waals surface area contributed by atoms with Crippen molar-refractivity contribution in [1.82, 2.24) is 0 Å². The molecule has 0 atom stereocenters. The molecule has 0 bridgehead atoms. The topological polar surface area (TPSA) is 97.7 Å². The van der Waals surface area contributed by atoms with Crippen LogP contribution in [0.5, 0.6) is 5.75 Å². The van der Waals surface area contributed by atoms with Gasteiger partial charge >= 0.3 is 36.7 Å². The second kappa shape index (κ2) is 5.96. The van der Waals surface area contributed by atoms with Crippen molar-refractivity contribution in [2.75, 3.05) is 0 Å². The van der Waals surface area contributed by atoms with Gasteiger partial charge in [-0.1, -0.05) is 0 Å². The van der Waals surface area contributed by atoms with Crippen molar-refractivity contribution < 1.29 is 51.9 Å². The van der Waals surface area contributed by atoms with Crippen molar-refractivity contribution in [1.29, 1.82) is 0 Å². The first-order chi connectivity index (χ1) is 10.5. The van der Waals surface area contributed by atoms with Crippen LogP contribution in [-0.4, -0.2) is 37.8 Å². The van der Waals surface area contributed by atoms with E-state index >= 15 is 0 Å². The third kappa shape index (κ3) is 3.29. The molecule has 0 spiro atoms. The predicted octanol–water partition coefficient (Wildman–Crippen LogP) is 2.39. The van der Waals surface area contributed by atoms with E-state index < -0.39 is 42.4 Å². The van der Waals surface area contributed by atoms with Gasteiger partial charge in [0.05, 0.1) is 0 Å². The summed E-state index contributed by atoms with van der Waals surface area (Å²) in [5.41, 5.74) is 0. The van der Waals surface area contributed by atoms with E-state index in [-0.39, 0.29) is 4.90 Å². The molecule has 0 aliphatic rings. The number of alkyl halides is 6. The number of halogens is 6. The number of rotatable bonds is 6. The maximum Gasteiger partial charge on any atom is 0.450 e. The summed E-state index contributed by atoms with van der Waals surface area (Å²) < 4.78 is 134. The van der Waals surface area contributed by atoms with E-state index in [9.17, 15) is 43.2 Å². The Morgan fingerprint density at radius 3 is 1.67 bits per heavy atom. The van der Waals surface area contributed by atoms with Gasteiger partial charge in [0.25, 0.3) is 0 Å². The van der Waals surface area contributed by atoms with E-state index in [0.29, 0.717) is 12.1 Å². The monoisotopic (exact) mass is 420 g/mol. The molecule has 138 valence electrons. The minimum Gasteiger partial charge on any atom is -0.378 e. The summed E-state index contributed by atoms with van der Waals surface area (Å²) in [7, 11) is -13.9. The minimum absolute atomic E-state index is 0.190. The molecule has 0 aliphatic carbocycles. The van der Waals surface area contributed by atoms with E-state index in [1.807, 2.05) is 0 Å². The van der Waals surface area contributed by atoms with E-state index in [1.165, 1.54) is 0 Å². The highest BCUT2D eigenvalue weighted by Crippen LogP contribution is 2.50. The fourth-order valence-corrected chi connectivity index (χ4v) is 2.75. The number of hydrogen-bond acceptors (Lipinski definition) is 6. The van der Waals surface area contributed by atoms with Crippen molar-refractivity contribution in [3.8, 4) is 5.75 Å². The highest BCUT2D eigenvalue weighted by Gasteiger charge is 2.83. The van der Waals surface area contributed by atoms with Crippen LogP contribution >= 0.6 is 12.6 Å². The lowest BCUT2D eigenvalue weighted by molar-refractivity contribution is -0.247. The van der Waals surface area contributed by atoms with Crippen LogP contribution in [-0.2, 0) is 20.2 Å². The molecule has 6 nitrogen and oxygen atoms in total. The highest BCUT2D eigenvalue weighted by atomic mass is 32.2. The summed E-state index contributed by atoms with van der Waals surface area (Å²) in [6.07, 6.45) is 0. The molecule has 0 aromatic heterocycles. The molecule has 0 radical (unpaired) electrons. The Labute approximate surface area is 136 Å². The molecule has 0 saturated heterocycles. The van der Waals surface area contributed by atoms with Gasteiger partial charge in [0.15, 0.2) is 0 Å². The average Bonchev–Trinajstić information content (AvgIpc) is 2.39. The molecule has 0 amide bonds. The molecule has 24 heavy (non-hydrogen) atoms. The second-order valence-electron chi connectivity index (χ2n) is 4.11. The van der Waals surface area contributed by atoms with Gasteiger partial charge in [-0.15, -0.1) is 12.6 Å². The van der Waals surface area contributed by atoms with Gasteiger partial charge in [-0.2, -0.15) is 43.2 Å². The van der Waals surface area contributed by atoms with Gasteiger partial charge in [-0.05, 0) is 24.3 Å². The zero-order valence-electron chi connectivity index (χ0n) is 10.8. The van der Waals surface area contributed by atoms with Gasteiger partial charge in [0.2, 0.25) is 0 Å². The van der Waals surface area contributed by atoms with Crippen molar-refractivity contribution in [2.24, 2.45) is 0 Å². The van der Waals surface area contributed by atoms with E-state index in [2.05, 4.69) is 16.8 Å². The SMILES string of the molecule is O=S(=O)(O)C(F)(F)C(F)(F)C(F)(F)S(=O)(=O)Oc1ccc(S)cc1. The normalized spacial score (nSPS) is 14.5. The van der Waals surface area contributed by atoms with Crippen LogP contribution in [0.1, 0.15) is 0 Å². The summed E-state index contributed by atoms with van der Waals surface area (Å²) in [4.78, 5) is 0.190. The third-order valence-corrected chi connectivity index (χ3v) is 4.91. The molecule has 0 heterocycles. The summed E-state index contributed by atoms with van der Waals surface area (Å²) in [5.74, 6) is -8.01. The molecule has 0 aliphatic heterocycles. The van der Waals surface area contributed by atoms with Crippen molar-refractivity contribution in [2.45, 2.75) is 21.3 Å². The zero-order valence-corrected chi connectivity index (χ0v) is 13.4. The van der Waals surface area contributed by atoms with Crippen molar-refractivity contribution >= 4 is 32.9 Å². The van der Waals surface area contributed by atoms with E-state index in [0.717, 1.165) is 12.1 Å². The largest absolute Gasteiger partial charge is 0.450 e. The van der Waals surface area contributed by atoms with Gasteiger partial charge in [-0.25, -0.2) is 0 Å². The van der Waals surface area contributed by atoms with E-state index in [1.54, 1.807) is 0 Å². The fourth-order valence-electron chi connectivity index (χ4n) is 1.17.